The van der Waals surface area contributed by atoms with Gasteiger partial charge >= 0.3 is 6.18 Å². The summed E-state index contributed by atoms with van der Waals surface area (Å²) in [6, 6.07) is 14.3. The Kier molecular flexibility index (Phi) is 5.74. The number of aryl methyl sites for hydroxylation is 2. The second-order valence-corrected chi connectivity index (χ2v) is 5.46. The molecule has 0 bridgehead atoms. The minimum absolute atomic E-state index is 0.278. The molecule has 24 heavy (non-hydrogen) atoms. The first-order valence-corrected chi connectivity index (χ1v) is 7.48. The third-order valence-electron chi connectivity index (χ3n) is 3.31. The molecule has 2 rings (SSSR count). The van der Waals surface area contributed by atoms with Crippen LogP contribution in [0.1, 0.15) is 16.7 Å². The van der Waals surface area contributed by atoms with Gasteiger partial charge in [0.1, 0.15) is 5.71 Å². The molecule has 4 heteroatoms. The summed E-state index contributed by atoms with van der Waals surface area (Å²) in [5.74, 6) is 0. The maximum atomic E-state index is 13.1. The number of allylic oxidation sites excluding steroid dienone is 3. The third kappa shape index (κ3) is 5.54. The molecule has 0 aliphatic rings. The van der Waals surface area contributed by atoms with Crippen LogP contribution in [0, 0.1) is 13.8 Å². The summed E-state index contributed by atoms with van der Waals surface area (Å²) in [6.07, 6.45) is 1.14. The lowest BCUT2D eigenvalue weighted by molar-refractivity contribution is -0.0576. The maximum Gasteiger partial charge on any atom is 0.433 e. The molecule has 1 nitrogen and oxygen atoms in total. The van der Waals surface area contributed by atoms with E-state index in [4.69, 9.17) is 0 Å². The van der Waals surface area contributed by atoms with Crippen LogP contribution in [0.5, 0.6) is 0 Å². The number of halogens is 3. The Morgan fingerprint density at radius 1 is 0.833 bits per heavy atom. The molecule has 0 atom stereocenters. The Bertz CT molecular complexity index is 749. The van der Waals surface area contributed by atoms with Gasteiger partial charge in [0.05, 0.1) is 5.69 Å². The van der Waals surface area contributed by atoms with Crippen molar-refractivity contribution in [2.45, 2.75) is 20.0 Å². The molecule has 0 heterocycles. The third-order valence-corrected chi connectivity index (χ3v) is 3.31. The van der Waals surface area contributed by atoms with E-state index >= 15 is 0 Å². The van der Waals surface area contributed by atoms with Crippen LogP contribution in [0.3, 0.4) is 0 Å². The largest absolute Gasteiger partial charge is 0.433 e. The van der Waals surface area contributed by atoms with Crippen LogP contribution in [0.2, 0.25) is 0 Å². The summed E-state index contributed by atoms with van der Waals surface area (Å²) in [6.45, 7) is 3.85. The van der Waals surface area contributed by atoms with E-state index in [0.717, 1.165) is 22.8 Å². The molecule has 2 aromatic rings. The van der Waals surface area contributed by atoms with E-state index < -0.39 is 11.9 Å². The lowest BCUT2D eigenvalue weighted by Gasteiger charge is -2.06. The van der Waals surface area contributed by atoms with Gasteiger partial charge in [0, 0.05) is 0 Å². The molecule has 0 saturated carbocycles. The number of alkyl halides is 3. The fourth-order valence-electron chi connectivity index (χ4n) is 1.94. The van der Waals surface area contributed by atoms with Crippen molar-refractivity contribution in [3.8, 4) is 0 Å². The standard InChI is InChI=1S/C20H18F3N/c1-15-7-11-17(12-8-15)5-3-4-6-19(20(21,22)23)24-18-13-9-16(2)10-14-18/h3-14H,1-2H3/b5-3+,6-4+,24-19?. The molecule has 2 aromatic carbocycles. The summed E-state index contributed by atoms with van der Waals surface area (Å²) in [7, 11) is 0. The topological polar surface area (TPSA) is 12.4 Å². The molecule has 0 radical (unpaired) electrons. The molecule has 0 unspecified atom stereocenters. The predicted octanol–water partition coefficient (Wildman–Crippen LogP) is 6.21. The number of benzene rings is 2. The fraction of sp³-hybridized carbons (Fsp3) is 0.150. The Labute approximate surface area is 139 Å². The van der Waals surface area contributed by atoms with Gasteiger partial charge in [-0.25, -0.2) is 4.99 Å². The Morgan fingerprint density at radius 2 is 1.38 bits per heavy atom. The van der Waals surface area contributed by atoms with Crippen LogP contribution < -0.4 is 0 Å². The average molecular weight is 329 g/mol. The van der Waals surface area contributed by atoms with E-state index in [2.05, 4.69) is 4.99 Å². The van der Waals surface area contributed by atoms with E-state index in [1.807, 2.05) is 38.1 Å². The minimum atomic E-state index is -4.50. The van der Waals surface area contributed by atoms with Crippen LogP contribution in [0.4, 0.5) is 18.9 Å². The van der Waals surface area contributed by atoms with Gasteiger partial charge in [-0.05, 0) is 37.6 Å². The van der Waals surface area contributed by atoms with E-state index in [9.17, 15) is 13.2 Å². The van der Waals surface area contributed by atoms with Gasteiger partial charge in [0.15, 0.2) is 0 Å². The number of hydrogen-bond donors (Lipinski definition) is 0. The highest BCUT2D eigenvalue weighted by atomic mass is 19.4. The molecule has 0 aromatic heterocycles. The van der Waals surface area contributed by atoms with Crippen molar-refractivity contribution < 1.29 is 13.2 Å². The summed E-state index contributed by atoms with van der Waals surface area (Å²) < 4.78 is 39.2. The van der Waals surface area contributed by atoms with Crippen molar-refractivity contribution in [3.63, 3.8) is 0 Å². The van der Waals surface area contributed by atoms with Gasteiger partial charge in [-0.1, -0.05) is 65.8 Å². The highest BCUT2D eigenvalue weighted by Gasteiger charge is 2.33. The second-order valence-electron chi connectivity index (χ2n) is 5.46. The normalized spacial score (nSPS) is 13.1. The summed E-state index contributed by atoms with van der Waals surface area (Å²) in [4.78, 5) is 3.70. The van der Waals surface area contributed by atoms with Crippen molar-refractivity contribution in [1.29, 1.82) is 0 Å². The monoisotopic (exact) mass is 329 g/mol. The first kappa shape index (κ1) is 17.7. The van der Waals surface area contributed by atoms with Gasteiger partial charge < -0.3 is 0 Å². The number of hydrogen-bond acceptors (Lipinski definition) is 1. The van der Waals surface area contributed by atoms with Gasteiger partial charge in [0.25, 0.3) is 0 Å². The molecule has 0 saturated heterocycles. The van der Waals surface area contributed by atoms with Crippen molar-refractivity contribution in [2.75, 3.05) is 0 Å². The number of rotatable bonds is 4. The molecule has 0 aliphatic heterocycles. The van der Waals surface area contributed by atoms with Crippen LogP contribution in [-0.2, 0) is 0 Å². The molecular weight excluding hydrogens is 311 g/mol. The van der Waals surface area contributed by atoms with Crippen molar-refractivity contribution in [3.05, 3.63) is 83.4 Å². The number of aliphatic imine (C=N–C) groups is 1. The van der Waals surface area contributed by atoms with E-state index in [-0.39, 0.29) is 5.69 Å². The summed E-state index contributed by atoms with van der Waals surface area (Å²) in [5.41, 5.74) is 2.38. The zero-order valence-corrected chi connectivity index (χ0v) is 13.5. The Hall–Kier alpha value is -2.62. The van der Waals surface area contributed by atoms with E-state index in [0.29, 0.717) is 0 Å². The minimum Gasteiger partial charge on any atom is -0.244 e. The molecule has 0 N–H and O–H groups in total. The van der Waals surface area contributed by atoms with E-state index in [1.54, 1.807) is 36.4 Å². The van der Waals surface area contributed by atoms with Crippen LogP contribution in [0.25, 0.3) is 6.08 Å². The van der Waals surface area contributed by atoms with E-state index in [1.165, 1.54) is 6.08 Å². The summed E-state index contributed by atoms with van der Waals surface area (Å²) in [5, 5.41) is 0. The molecule has 0 amide bonds. The van der Waals surface area contributed by atoms with Crippen LogP contribution in [-0.4, -0.2) is 11.9 Å². The molecule has 0 aliphatic carbocycles. The van der Waals surface area contributed by atoms with Crippen molar-refractivity contribution in [1.82, 2.24) is 0 Å². The SMILES string of the molecule is Cc1ccc(/C=C/C=C/C(=Nc2ccc(C)cc2)C(F)(F)F)cc1. The van der Waals surface area contributed by atoms with Gasteiger partial charge in [0.2, 0.25) is 0 Å². The molecular formula is C20H18F3N. The smallest absolute Gasteiger partial charge is 0.244 e. The fourth-order valence-corrected chi connectivity index (χ4v) is 1.94. The molecule has 0 spiro atoms. The highest BCUT2D eigenvalue weighted by Crippen LogP contribution is 2.22. The van der Waals surface area contributed by atoms with Crippen LogP contribution in [0.15, 0.2) is 71.8 Å². The van der Waals surface area contributed by atoms with Gasteiger partial charge in [-0.2, -0.15) is 13.2 Å². The second kappa shape index (κ2) is 7.77. The Morgan fingerprint density at radius 3 is 1.92 bits per heavy atom. The maximum absolute atomic E-state index is 13.1. The average Bonchev–Trinajstić information content (AvgIpc) is 2.53. The van der Waals surface area contributed by atoms with Gasteiger partial charge in [-0.15, -0.1) is 0 Å². The Balaban J connectivity index is 2.17. The van der Waals surface area contributed by atoms with Gasteiger partial charge in [-0.3, -0.25) is 0 Å². The zero-order chi connectivity index (χ0) is 17.6. The molecule has 124 valence electrons. The van der Waals surface area contributed by atoms with Crippen molar-refractivity contribution >= 4 is 17.5 Å². The summed E-state index contributed by atoms with van der Waals surface area (Å²) >= 11 is 0. The lowest BCUT2D eigenvalue weighted by Crippen LogP contribution is -2.20. The number of nitrogens with zero attached hydrogens (tertiary/aromatic N) is 1. The quantitative estimate of drug-likeness (QED) is 0.467. The lowest BCUT2D eigenvalue weighted by atomic mass is 10.1. The first-order valence-electron chi connectivity index (χ1n) is 7.48. The zero-order valence-electron chi connectivity index (χ0n) is 13.5. The predicted molar refractivity (Wildman–Crippen MR) is 93.7 cm³/mol. The van der Waals surface area contributed by atoms with Crippen LogP contribution >= 0.6 is 0 Å². The molecule has 0 fully saturated rings. The highest BCUT2D eigenvalue weighted by molar-refractivity contribution is 6.01. The first-order chi connectivity index (χ1) is 11.3. The van der Waals surface area contributed by atoms with Crippen molar-refractivity contribution in [2.24, 2.45) is 4.99 Å².